The monoisotopic (exact) mass is 194 g/mol. The molecule has 0 aliphatic carbocycles. The van der Waals surface area contributed by atoms with Crippen LogP contribution < -0.4 is 5.32 Å². The van der Waals surface area contributed by atoms with Crippen LogP contribution in [0, 0.1) is 0 Å². The lowest BCUT2D eigenvalue weighted by Gasteiger charge is -2.25. The van der Waals surface area contributed by atoms with Gasteiger partial charge in [-0.25, -0.2) is 4.98 Å². The fourth-order valence-corrected chi connectivity index (χ4v) is 1.21. The van der Waals surface area contributed by atoms with Gasteiger partial charge in [-0.1, -0.05) is 6.07 Å². The van der Waals surface area contributed by atoms with E-state index in [4.69, 9.17) is 4.74 Å². The average molecular weight is 194 g/mol. The summed E-state index contributed by atoms with van der Waals surface area (Å²) in [6, 6.07) is 5.81. The van der Waals surface area contributed by atoms with E-state index in [9.17, 15) is 0 Å². The second-order valence-corrected chi connectivity index (χ2v) is 3.76. The highest BCUT2D eigenvalue weighted by molar-refractivity contribution is 5.33. The minimum absolute atomic E-state index is 0.147. The third kappa shape index (κ3) is 3.75. The van der Waals surface area contributed by atoms with Crippen LogP contribution in [0.4, 0.5) is 5.82 Å². The Kier molecular flexibility index (Phi) is 3.89. The van der Waals surface area contributed by atoms with Crippen LogP contribution in [-0.4, -0.2) is 23.7 Å². The van der Waals surface area contributed by atoms with Crippen LogP contribution in [-0.2, 0) is 4.74 Å². The maximum atomic E-state index is 5.56. The largest absolute Gasteiger partial charge is 0.374 e. The maximum absolute atomic E-state index is 5.56. The van der Waals surface area contributed by atoms with Crippen LogP contribution in [0.25, 0.3) is 0 Å². The molecule has 3 heteroatoms. The van der Waals surface area contributed by atoms with Gasteiger partial charge in [0.15, 0.2) is 0 Å². The highest BCUT2D eigenvalue weighted by Crippen LogP contribution is 2.10. The molecule has 0 aliphatic heterocycles. The number of hydrogen-bond acceptors (Lipinski definition) is 3. The van der Waals surface area contributed by atoms with Gasteiger partial charge in [0.05, 0.1) is 5.60 Å². The van der Waals surface area contributed by atoms with Crippen molar-refractivity contribution in [3.05, 3.63) is 24.4 Å². The Morgan fingerprint density at radius 3 is 2.79 bits per heavy atom. The van der Waals surface area contributed by atoms with Crippen LogP contribution in [0.15, 0.2) is 24.4 Å². The van der Waals surface area contributed by atoms with Crippen molar-refractivity contribution >= 4 is 5.82 Å². The SMILES string of the molecule is CCOC(C)(C)CNc1ccccn1. The lowest BCUT2D eigenvalue weighted by molar-refractivity contribution is 0.000643. The Morgan fingerprint density at radius 2 is 2.21 bits per heavy atom. The first-order valence-electron chi connectivity index (χ1n) is 4.93. The summed E-state index contributed by atoms with van der Waals surface area (Å²) in [5.41, 5.74) is -0.147. The number of hydrogen-bond donors (Lipinski definition) is 1. The molecule has 0 bridgehead atoms. The van der Waals surface area contributed by atoms with Gasteiger partial charge in [0.1, 0.15) is 5.82 Å². The van der Waals surface area contributed by atoms with Gasteiger partial charge >= 0.3 is 0 Å². The van der Waals surface area contributed by atoms with Crippen molar-refractivity contribution in [2.75, 3.05) is 18.5 Å². The molecule has 0 saturated heterocycles. The first-order chi connectivity index (χ1) is 6.64. The second-order valence-electron chi connectivity index (χ2n) is 3.76. The molecule has 0 saturated carbocycles. The molecular formula is C11H18N2O. The highest BCUT2D eigenvalue weighted by atomic mass is 16.5. The fraction of sp³-hybridized carbons (Fsp3) is 0.545. The molecule has 3 nitrogen and oxygen atoms in total. The number of rotatable bonds is 5. The number of ether oxygens (including phenoxy) is 1. The summed E-state index contributed by atoms with van der Waals surface area (Å²) >= 11 is 0. The highest BCUT2D eigenvalue weighted by Gasteiger charge is 2.16. The molecule has 1 heterocycles. The molecule has 0 aliphatic rings. The molecule has 0 atom stereocenters. The van der Waals surface area contributed by atoms with E-state index in [-0.39, 0.29) is 5.60 Å². The number of nitrogens with zero attached hydrogens (tertiary/aromatic N) is 1. The summed E-state index contributed by atoms with van der Waals surface area (Å²) < 4.78 is 5.56. The minimum Gasteiger partial charge on any atom is -0.374 e. The first kappa shape index (κ1) is 11.0. The van der Waals surface area contributed by atoms with E-state index < -0.39 is 0 Å². The zero-order valence-electron chi connectivity index (χ0n) is 9.08. The van der Waals surface area contributed by atoms with Crippen molar-refractivity contribution in [3.63, 3.8) is 0 Å². The van der Waals surface area contributed by atoms with Gasteiger partial charge in [0.25, 0.3) is 0 Å². The Bertz CT molecular complexity index is 259. The summed E-state index contributed by atoms with van der Waals surface area (Å²) in [7, 11) is 0. The molecule has 1 N–H and O–H groups in total. The Morgan fingerprint density at radius 1 is 1.43 bits per heavy atom. The van der Waals surface area contributed by atoms with Gasteiger partial charge in [0.2, 0.25) is 0 Å². The van der Waals surface area contributed by atoms with Crippen molar-refractivity contribution in [1.29, 1.82) is 0 Å². The molecule has 1 aromatic rings. The van der Waals surface area contributed by atoms with E-state index in [0.717, 1.165) is 19.0 Å². The summed E-state index contributed by atoms with van der Waals surface area (Å²) in [5, 5.41) is 3.23. The summed E-state index contributed by atoms with van der Waals surface area (Å²) in [6.07, 6.45) is 1.77. The molecule has 0 fully saturated rings. The zero-order valence-corrected chi connectivity index (χ0v) is 9.08. The molecule has 1 rings (SSSR count). The number of anilines is 1. The van der Waals surface area contributed by atoms with Crippen molar-refractivity contribution in [3.8, 4) is 0 Å². The molecule has 0 spiro atoms. The molecule has 14 heavy (non-hydrogen) atoms. The van der Waals surface area contributed by atoms with Crippen LogP contribution in [0.3, 0.4) is 0 Å². The average Bonchev–Trinajstić information content (AvgIpc) is 2.17. The van der Waals surface area contributed by atoms with Crippen molar-refractivity contribution in [1.82, 2.24) is 4.98 Å². The van der Waals surface area contributed by atoms with Gasteiger partial charge in [-0.2, -0.15) is 0 Å². The Labute approximate surface area is 85.5 Å². The first-order valence-corrected chi connectivity index (χ1v) is 4.93. The summed E-state index contributed by atoms with van der Waals surface area (Å²) in [4.78, 5) is 4.18. The van der Waals surface area contributed by atoms with Crippen LogP contribution in [0.2, 0.25) is 0 Å². The predicted molar refractivity (Wildman–Crippen MR) is 58.4 cm³/mol. The predicted octanol–water partition coefficient (Wildman–Crippen LogP) is 2.31. The van der Waals surface area contributed by atoms with Crippen molar-refractivity contribution < 1.29 is 4.74 Å². The zero-order chi connectivity index (χ0) is 10.4. The molecular weight excluding hydrogens is 176 g/mol. The van der Waals surface area contributed by atoms with Crippen LogP contribution >= 0.6 is 0 Å². The lowest BCUT2D eigenvalue weighted by atomic mass is 10.1. The van der Waals surface area contributed by atoms with Crippen molar-refractivity contribution in [2.45, 2.75) is 26.4 Å². The Balaban J connectivity index is 2.40. The molecule has 0 amide bonds. The third-order valence-corrected chi connectivity index (χ3v) is 1.90. The maximum Gasteiger partial charge on any atom is 0.125 e. The molecule has 78 valence electrons. The molecule has 0 aromatic carbocycles. The smallest absolute Gasteiger partial charge is 0.125 e. The molecule has 0 radical (unpaired) electrons. The van der Waals surface area contributed by atoms with Gasteiger partial charge in [-0.05, 0) is 32.9 Å². The van der Waals surface area contributed by atoms with E-state index in [1.807, 2.05) is 25.1 Å². The number of pyridine rings is 1. The van der Waals surface area contributed by atoms with Crippen LogP contribution in [0.1, 0.15) is 20.8 Å². The van der Waals surface area contributed by atoms with Crippen LogP contribution in [0.5, 0.6) is 0 Å². The number of aromatic nitrogens is 1. The topological polar surface area (TPSA) is 34.1 Å². The quantitative estimate of drug-likeness (QED) is 0.781. The standard InChI is InChI=1S/C11H18N2O/c1-4-14-11(2,3)9-13-10-7-5-6-8-12-10/h5-8H,4,9H2,1-3H3,(H,12,13). The van der Waals surface area contributed by atoms with Gasteiger partial charge in [-0.15, -0.1) is 0 Å². The van der Waals surface area contributed by atoms with E-state index in [1.54, 1.807) is 6.20 Å². The van der Waals surface area contributed by atoms with E-state index in [0.29, 0.717) is 0 Å². The summed E-state index contributed by atoms with van der Waals surface area (Å²) in [6.45, 7) is 7.62. The molecule has 0 unspecified atom stereocenters. The minimum atomic E-state index is -0.147. The lowest BCUT2D eigenvalue weighted by Crippen LogP contribution is -2.33. The van der Waals surface area contributed by atoms with E-state index in [2.05, 4.69) is 24.1 Å². The summed E-state index contributed by atoms with van der Waals surface area (Å²) in [5.74, 6) is 0.889. The van der Waals surface area contributed by atoms with Gasteiger partial charge in [-0.3, -0.25) is 0 Å². The Hall–Kier alpha value is -1.09. The van der Waals surface area contributed by atoms with Gasteiger partial charge in [0, 0.05) is 19.3 Å². The van der Waals surface area contributed by atoms with E-state index in [1.165, 1.54) is 0 Å². The van der Waals surface area contributed by atoms with Gasteiger partial charge < -0.3 is 10.1 Å². The number of nitrogens with one attached hydrogen (secondary N) is 1. The third-order valence-electron chi connectivity index (χ3n) is 1.90. The normalized spacial score (nSPS) is 11.4. The fourth-order valence-electron chi connectivity index (χ4n) is 1.21. The van der Waals surface area contributed by atoms with Crippen molar-refractivity contribution in [2.24, 2.45) is 0 Å². The molecule has 1 aromatic heterocycles. The van der Waals surface area contributed by atoms with E-state index >= 15 is 0 Å². The second kappa shape index (κ2) is 4.96.